The van der Waals surface area contributed by atoms with Crippen molar-refractivity contribution in [2.75, 3.05) is 11.2 Å². The monoisotopic (exact) mass is 378 g/mol. The highest BCUT2D eigenvalue weighted by Gasteiger charge is 2.71. The van der Waals surface area contributed by atoms with Gasteiger partial charge in [0.1, 0.15) is 5.88 Å². The normalized spacial score (nSPS) is 12.7. The first-order chi connectivity index (χ1) is 10.8. The standard InChI is InChI=1S/C12H9ClF6N2O3/c13-5-8(22)21-9(23)20-7-3-1-6(2-4-7)10(24,11(14,15)16)12(17,18)19/h1-4,24H,5H2,(H2,20,21,22,23). The molecule has 0 unspecified atom stereocenters. The fraction of sp³-hybridized carbons (Fsp3) is 0.333. The summed E-state index contributed by atoms with van der Waals surface area (Å²) in [6.45, 7) is 0. The van der Waals surface area contributed by atoms with Crippen LogP contribution in [0.5, 0.6) is 0 Å². The van der Waals surface area contributed by atoms with Crippen molar-refractivity contribution in [2.24, 2.45) is 0 Å². The van der Waals surface area contributed by atoms with Gasteiger partial charge in [0.25, 0.3) is 5.60 Å². The number of aliphatic hydroxyl groups is 1. The molecular weight excluding hydrogens is 370 g/mol. The Balaban J connectivity index is 3.05. The summed E-state index contributed by atoms with van der Waals surface area (Å²) in [7, 11) is 0. The van der Waals surface area contributed by atoms with E-state index < -0.39 is 41.3 Å². The first-order valence-electron chi connectivity index (χ1n) is 5.96. The van der Waals surface area contributed by atoms with Crippen molar-refractivity contribution in [2.45, 2.75) is 18.0 Å². The lowest BCUT2D eigenvalue weighted by Crippen LogP contribution is -2.53. The minimum absolute atomic E-state index is 0.217. The molecule has 12 heteroatoms. The number of imide groups is 1. The third-order valence-electron chi connectivity index (χ3n) is 2.76. The molecule has 1 rings (SSSR count). The molecule has 0 aliphatic rings. The molecule has 0 heterocycles. The van der Waals surface area contributed by atoms with Gasteiger partial charge >= 0.3 is 18.4 Å². The summed E-state index contributed by atoms with van der Waals surface area (Å²) in [5.74, 6) is -1.40. The Morgan fingerprint density at radius 3 is 1.83 bits per heavy atom. The molecule has 0 atom stereocenters. The second kappa shape index (κ2) is 6.85. The van der Waals surface area contributed by atoms with Gasteiger partial charge in [0.2, 0.25) is 5.91 Å². The molecule has 0 fully saturated rings. The summed E-state index contributed by atoms with van der Waals surface area (Å²) >= 11 is 5.12. The molecule has 0 aliphatic heterocycles. The zero-order valence-electron chi connectivity index (χ0n) is 11.4. The number of hydrogen-bond acceptors (Lipinski definition) is 3. The van der Waals surface area contributed by atoms with E-state index >= 15 is 0 Å². The Labute approximate surface area is 135 Å². The van der Waals surface area contributed by atoms with E-state index in [1.165, 1.54) is 0 Å². The lowest BCUT2D eigenvalue weighted by Gasteiger charge is -2.32. The SMILES string of the molecule is O=C(CCl)NC(=O)Nc1ccc(C(O)(C(F)(F)F)C(F)(F)F)cc1. The molecule has 1 aromatic carbocycles. The largest absolute Gasteiger partial charge is 0.430 e. The minimum Gasteiger partial charge on any atom is -0.369 e. The van der Waals surface area contributed by atoms with Crippen molar-refractivity contribution in [1.29, 1.82) is 0 Å². The predicted molar refractivity (Wildman–Crippen MR) is 70.3 cm³/mol. The number of amides is 3. The second-order valence-electron chi connectivity index (χ2n) is 4.42. The van der Waals surface area contributed by atoms with Crippen LogP contribution in [-0.2, 0) is 10.4 Å². The number of carbonyl (C=O) groups excluding carboxylic acids is 2. The van der Waals surface area contributed by atoms with Crippen LogP contribution in [-0.4, -0.2) is 35.3 Å². The van der Waals surface area contributed by atoms with E-state index in [9.17, 15) is 41.0 Å². The van der Waals surface area contributed by atoms with E-state index in [0.717, 1.165) is 0 Å². The number of hydrogen-bond donors (Lipinski definition) is 3. The third-order valence-corrected chi connectivity index (χ3v) is 3.00. The molecule has 24 heavy (non-hydrogen) atoms. The van der Waals surface area contributed by atoms with Gasteiger partial charge in [0, 0.05) is 11.3 Å². The fourth-order valence-electron chi connectivity index (χ4n) is 1.61. The molecule has 1 aromatic rings. The lowest BCUT2D eigenvalue weighted by atomic mass is 9.92. The zero-order chi connectivity index (χ0) is 18.8. The van der Waals surface area contributed by atoms with Gasteiger partial charge in [-0.25, -0.2) is 4.79 Å². The third kappa shape index (κ3) is 4.09. The fourth-order valence-corrected chi connectivity index (χ4v) is 1.67. The van der Waals surface area contributed by atoms with Gasteiger partial charge < -0.3 is 10.4 Å². The number of benzene rings is 1. The number of rotatable bonds is 3. The molecule has 0 saturated carbocycles. The highest BCUT2D eigenvalue weighted by Crippen LogP contribution is 2.50. The number of halogens is 7. The second-order valence-corrected chi connectivity index (χ2v) is 4.69. The highest BCUT2D eigenvalue weighted by atomic mass is 35.5. The molecule has 0 aliphatic carbocycles. The van der Waals surface area contributed by atoms with Crippen molar-refractivity contribution in [3.05, 3.63) is 29.8 Å². The zero-order valence-corrected chi connectivity index (χ0v) is 12.2. The van der Waals surface area contributed by atoms with E-state index in [2.05, 4.69) is 0 Å². The Morgan fingerprint density at radius 1 is 1.00 bits per heavy atom. The Hall–Kier alpha value is -2.01. The Bertz CT molecular complexity index is 601. The summed E-state index contributed by atoms with van der Waals surface area (Å²) < 4.78 is 76.1. The van der Waals surface area contributed by atoms with Crippen molar-refractivity contribution >= 4 is 29.2 Å². The van der Waals surface area contributed by atoms with Crippen LogP contribution in [0.15, 0.2) is 24.3 Å². The average molecular weight is 379 g/mol. The summed E-state index contributed by atoms with van der Waals surface area (Å²) in [6.07, 6.45) is -12.0. The lowest BCUT2D eigenvalue weighted by molar-refractivity contribution is -0.376. The predicted octanol–water partition coefficient (Wildman–Crippen LogP) is 2.89. The molecule has 0 spiro atoms. The summed E-state index contributed by atoms with van der Waals surface area (Å²) in [5, 5.41) is 12.9. The van der Waals surface area contributed by atoms with E-state index in [0.29, 0.717) is 24.3 Å². The smallest absolute Gasteiger partial charge is 0.369 e. The number of carbonyl (C=O) groups is 2. The van der Waals surface area contributed by atoms with Crippen LogP contribution in [0.1, 0.15) is 5.56 Å². The summed E-state index contributed by atoms with van der Waals surface area (Å²) in [5.41, 5.74) is -6.76. The molecule has 3 amide bonds. The van der Waals surface area contributed by atoms with Crippen LogP contribution < -0.4 is 10.6 Å². The molecule has 0 aromatic heterocycles. The van der Waals surface area contributed by atoms with Crippen LogP contribution in [0, 0.1) is 0 Å². The summed E-state index contributed by atoms with van der Waals surface area (Å²) in [6, 6.07) is 1.00. The van der Waals surface area contributed by atoms with E-state index in [4.69, 9.17) is 11.6 Å². The molecular formula is C12H9ClF6N2O3. The molecule has 0 bridgehead atoms. The van der Waals surface area contributed by atoms with Crippen LogP contribution in [0.3, 0.4) is 0 Å². The molecule has 5 nitrogen and oxygen atoms in total. The maximum absolute atomic E-state index is 12.7. The topological polar surface area (TPSA) is 78.4 Å². The van der Waals surface area contributed by atoms with Crippen LogP contribution >= 0.6 is 11.6 Å². The first-order valence-corrected chi connectivity index (χ1v) is 6.49. The van der Waals surface area contributed by atoms with Crippen molar-refractivity contribution in [3.8, 4) is 0 Å². The number of urea groups is 1. The van der Waals surface area contributed by atoms with Crippen LogP contribution in [0.25, 0.3) is 0 Å². The number of alkyl halides is 7. The average Bonchev–Trinajstić information content (AvgIpc) is 2.44. The van der Waals surface area contributed by atoms with Crippen molar-refractivity contribution in [1.82, 2.24) is 5.32 Å². The number of nitrogens with one attached hydrogen (secondary N) is 2. The van der Waals surface area contributed by atoms with Gasteiger partial charge in [-0.2, -0.15) is 26.3 Å². The maximum Gasteiger partial charge on any atom is 0.430 e. The van der Waals surface area contributed by atoms with Gasteiger partial charge in [-0.1, -0.05) is 12.1 Å². The first kappa shape index (κ1) is 20.0. The molecule has 0 radical (unpaired) electrons. The van der Waals surface area contributed by atoms with Crippen molar-refractivity contribution < 1.29 is 41.0 Å². The number of anilines is 1. The Morgan fingerprint density at radius 2 is 1.46 bits per heavy atom. The van der Waals surface area contributed by atoms with E-state index in [1.807, 2.05) is 5.32 Å². The quantitative estimate of drug-likeness (QED) is 0.559. The van der Waals surface area contributed by atoms with E-state index in [1.54, 1.807) is 5.32 Å². The Kier molecular flexibility index (Phi) is 5.72. The molecule has 3 N–H and O–H groups in total. The van der Waals surface area contributed by atoms with E-state index in [-0.39, 0.29) is 5.69 Å². The van der Waals surface area contributed by atoms with Gasteiger partial charge in [-0.3, -0.25) is 10.1 Å². The van der Waals surface area contributed by atoms with Gasteiger partial charge in [0.05, 0.1) is 0 Å². The van der Waals surface area contributed by atoms with Gasteiger partial charge in [-0.05, 0) is 12.1 Å². The summed E-state index contributed by atoms with van der Waals surface area (Å²) in [4.78, 5) is 22.1. The highest BCUT2D eigenvalue weighted by molar-refractivity contribution is 6.28. The minimum atomic E-state index is -6.01. The molecule has 134 valence electrons. The molecule has 0 saturated heterocycles. The van der Waals surface area contributed by atoms with Crippen LogP contribution in [0.2, 0.25) is 0 Å². The maximum atomic E-state index is 12.7. The van der Waals surface area contributed by atoms with Gasteiger partial charge in [0.15, 0.2) is 0 Å². The van der Waals surface area contributed by atoms with Crippen molar-refractivity contribution in [3.63, 3.8) is 0 Å². The van der Waals surface area contributed by atoms with Gasteiger partial charge in [-0.15, -0.1) is 11.6 Å². The van der Waals surface area contributed by atoms with Crippen LogP contribution in [0.4, 0.5) is 36.8 Å².